The third-order valence-electron chi connectivity index (χ3n) is 7.71. The van der Waals surface area contributed by atoms with Gasteiger partial charge in [-0.2, -0.15) is 5.26 Å². The summed E-state index contributed by atoms with van der Waals surface area (Å²) in [4.78, 5) is 0. The zero-order chi connectivity index (χ0) is 28.3. The minimum Gasteiger partial charge on any atom is -0.192 e. The summed E-state index contributed by atoms with van der Waals surface area (Å²) in [5, 5.41) is 13.8. The summed E-state index contributed by atoms with van der Waals surface area (Å²) in [6.07, 6.45) is 0. The van der Waals surface area contributed by atoms with Crippen molar-refractivity contribution in [2.24, 2.45) is 0 Å². The summed E-state index contributed by atoms with van der Waals surface area (Å²) in [7, 11) is 0. The third-order valence-corrected chi connectivity index (χ3v) is 7.71. The molecule has 7 aromatic carbocycles. The van der Waals surface area contributed by atoms with E-state index in [-0.39, 0.29) is 0 Å². The van der Waals surface area contributed by atoms with Gasteiger partial charge >= 0.3 is 0 Å². The second-order valence-corrected chi connectivity index (χ2v) is 10.3. The summed E-state index contributed by atoms with van der Waals surface area (Å²) in [5.41, 5.74) is 9.66. The fourth-order valence-electron chi connectivity index (χ4n) is 5.70. The van der Waals surface area contributed by atoms with Gasteiger partial charge in [0.25, 0.3) is 0 Å². The molecule has 0 aromatic heterocycles. The van der Waals surface area contributed by atoms with Crippen molar-refractivity contribution in [3.8, 4) is 51.3 Å². The Kier molecular flexibility index (Phi) is 6.54. The van der Waals surface area contributed by atoms with Crippen molar-refractivity contribution >= 4 is 21.5 Å². The molecule has 7 aromatic rings. The normalized spacial score (nSPS) is 10.6. The highest BCUT2D eigenvalue weighted by Gasteiger charge is 2.16. The van der Waals surface area contributed by atoms with Crippen LogP contribution in [0.3, 0.4) is 0 Å². The van der Waals surface area contributed by atoms with Gasteiger partial charge in [-0.3, -0.25) is 0 Å². The minimum absolute atomic E-state index is 0.633. The largest absolute Gasteiger partial charge is 0.192 e. The second kappa shape index (κ2) is 10.9. The molecule has 0 saturated heterocycles. The van der Waals surface area contributed by atoms with Gasteiger partial charge in [0.1, 0.15) is 0 Å². The van der Waals surface area contributed by atoms with Crippen LogP contribution in [-0.2, 0) is 0 Å². The first-order chi connectivity index (χ1) is 20.8. The minimum atomic E-state index is 0.633. The number of benzene rings is 7. The van der Waals surface area contributed by atoms with E-state index in [1.165, 1.54) is 44.2 Å². The topological polar surface area (TPSA) is 23.8 Å². The van der Waals surface area contributed by atoms with E-state index in [1.807, 2.05) is 24.3 Å². The highest BCUT2D eigenvalue weighted by Crippen LogP contribution is 2.42. The molecule has 0 saturated carbocycles. The summed E-state index contributed by atoms with van der Waals surface area (Å²) in [6.45, 7) is 0. The maximum absolute atomic E-state index is 9.17. The summed E-state index contributed by atoms with van der Waals surface area (Å²) >= 11 is 0. The Morgan fingerprint density at radius 3 is 1.29 bits per heavy atom. The Balaban J connectivity index is 1.51. The molecule has 0 amide bonds. The zero-order valence-corrected chi connectivity index (χ0v) is 22.9. The van der Waals surface area contributed by atoms with Crippen LogP contribution >= 0.6 is 0 Å². The molecule has 1 heteroatoms. The van der Waals surface area contributed by atoms with Gasteiger partial charge in [-0.15, -0.1) is 0 Å². The maximum atomic E-state index is 9.17. The molecule has 0 atom stereocenters. The number of nitrogens with zero attached hydrogens (tertiary/aromatic N) is 1. The second-order valence-electron chi connectivity index (χ2n) is 10.3. The number of hydrogen-bond acceptors (Lipinski definition) is 1. The van der Waals surface area contributed by atoms with Gasteiger partial charge < -0.3 is 0 Å². The van der Waals surface area contributed by atoms with Crippen LogP contribution in [0.2, 0.25) is 0 Å². The first-order valence-electron chi connectivity index (χ1n) is 14.0. The number of hydrogen-bond donors (Lipinski definition) is 0. The molecular formula is C41H25N. The van der Waals surface area contributed by atoms with E-state index >= 15 is 0 Å². The van der Waals surface area contributed by atoms with E-state index in [0.717, 1.165) is 21.9 Å². The Labute approximate surface area is 246 Å². The molecule has 0 heterocycles. The van der Waals surface area contributed by atoms with E-state index in [4.69, 9.17) is 0 Å². The van der Waals surface area contributed by atoms with Crippen LogP contribution < -0.4 is 0 Å². The molecule has 7 rings (SSSR count). The predicted octanol–water partition coefficient (Wildman–Crippen LogP) is 10.3. The van der Waals surface area contributed by atoms with Crippen LogP contribution in [0.15, 0.2) is 152 Å². The van der Waals surface area contributed by atoms with E-state index in [0.29, 0.717) is 5.56 Å². The van der Waals surface area contributed by atoms with Gasteiger partial charge in [0.15, 0.2) is 0 Å². The lowest BCUT2D eigenvalue weighted by Crippen LogP contribution is -1.92. The van der Waals surface area contributed by atoms with Crippen LogP contribution in [0.5, 0.6) is 0 Å². The highest BCUT2D eigenvalue weighted by molar-refractivity contribution is 6.16. The van der Waals surface area contributed by atoms with Crippen molar-refractivity contribution in [2.45, 2.75) is 0 Å². The fourth-order valence-corrected chi connectivity index (χ4v) is 5.70. The lowest BCUT2D eigenvalue weighted by atomic mass is 9.86. The predicted molar refractivity (Wildman–Crippen MR) is 175 cm³/mol. The lowest BCUT2D eigenvalue weighted by Gasteiger charge is -2.17. The van der Waals surface area contributed by atoms with Crippen molar-refractivity contribution in [3.63, 3.8) is 0 Å². The Morgan fingerprint density at radius 2 is 0.786 bits per heavy atom. The van der Waals surface area contributed by atoms with E-state index in [2.05, 4.69) is 145 Å². The first kappa shape index (κ1) is 25.1. The molecule has 42 heavy (non-hydrogen) atoms. The van der Waals surface area contributed by atoms with E-state index in [1.54, 1.807) is 0 Å². The van der Waals surface area contributed by atoms with Crippen LogP contribution in [0.4, 0.5) is 0 Å². The number of rotatable bonds is 3. The highest BCUT2D eigenvalue weighted by atomic mass is 14.2. The standard InChI is InChI=1S/C41H25N/c42-28-30-21-19-29(20-22-30)23-24-38-36-15-7-9-17-39(36)41(40-18-10-8-16-37(38)40)35-26-33(31-11-3-1-4-12-31)25-34(27-35)32-13-5-2-6-14-32/h1-22,25-27H. The third kappa shape index (κ3) is 4.71. The average Bonchev–Trinajstić information content (AvgIpc) is 3.07. The number of nitriles is 1. The van der Waals surface area contributed by atoms with Crippen molar-refractivity contribution in [1.29, 1.82) is 5.26 Å². The van der Waals surface area contributed by atoms with Crippen molar-refractivity contribution in [3.05, 3.63) is 168 Å². The fraction of sp³-hybridized carbons (Fsp3) is 0. The Morgan fingerprint density at radius 1 is 0.357 bits per heavy atom. The van der Waals surface area contributed by atoms with Crippen LogP contribution in [-0.4, -0.2) is 0 Å². The molecule has 0 aliphatic carbocycles. The molecule has 0 unspecified atom stereocenters. The van der Waals surface area contributed by atoms with Gasteiger partial charge in [0, 0.05) is 11.1 Å². The quantitative estimate of drug-likeness (QED) is 0.164. The maximum Gasteiger partial charge on any atom is 0.0991 e. The molecule has 0 radical (unpaired) electrons. The number of fused-ring (bicyclic) bond motifs is 2. The Hall–Kier alpha value is -5.89. The van der Waals surface area contributed by atoms with Crippen molar-refractivity contribution in [2.75, 3.05) is 0 Å². The van der Waals surface area contributed by atoms with Crippen LogP contribution in [0, 0.1) is 23.2 Å². The van der Waals surface area contributed by atoms with Gasteiger partial charge in [-0.1, -0.05) is 121 Å². The monoisotopic (exact) mass is 531 g/mol. The smallest absolute Gasteiger partial charge is 0.0991 e. The first-order valence-corrected chi connectivity index (χ1v) is 14.0. The molecular weight excluding hydrogens is 506 g/mol. The average molecular weight is 532 g/mol. The molecule has 0 N–H and O–H groups in total. The van der Waals surface area contributed by atoms with Gasteiger partial charge in [-0.05, 0) is 97.4 Å². The van der Waals surface area contributed by atoms with Crippen molar-refractivity contribution in [1.82, 2.24) is 0 Å². The van der Waals surface area contributed by atoms with E-state index < -0.39 is 0 Å². The molecule has 0 fully saturated rings. The summed E-state index contributed by atoms with van der Waals surface area (Å²) in [6, 6.07) is 54.9. The summed E-state index contributed by atoms with van der Waals surface area (Å²) in [5.74, 6) is 6.86. The van der Waals surface area contributed by atoms with Crippen LogP contribution in [0.25, 0.3) is 54.9 Å². The van der Waals surface area contributed by atoms with Gasteiger partial charge in [-0.25, -0.2) is 0 Å². The Bertz CT molecular complexity index is 2060. The van der Waals surface area contributed by atoms with Crippen molar-refractivity contribution < 1.29 is 0 Å². The lowest BCUT2D eigenvalue weighted by molar-refractivity contribution is 1.48. The molecule has 0 bridgehead atoms. The van der Waals surface area contributed by atoms with Gasteiger partial charge in [0.2, 0.25) is 0 Å². The molecule has 1 nitrogen and oxygen atoms in total. The zero-order valence-electron chi connectivity index (χ0n) is 22.9. The van der Waals surface area contributed by atoms with Gasteiger partial charge in [0.05, 0.1) is 11.6 Å². The van der Waals surface area contributed by atoms with Crippen LogP contribution in [0.1, 0.15) is 16.7 Å². The molecule has 194 valence electrons. The van der Waals surface area contributed by atoms with E-state index in [9.17, 15) is 5.26 Å². The molecule has 0 aliphatic heterocycles. The molecule has 0 spiro atoms. The molecule has 0 aliphatic rings. The SMILES string of the molecule is N#Cc1ccc(C#Cc2c3ccccc3c(-c3cc(-c4ccccc4)cc(-c4ccccc4)c3)c3ccccc23)cc1. The summed E-state index contributed by atoms with van der Waals surface area (Å²) < 4.78 is 0.